The van der Waals surface area contributed by atoms with E-state index in [-0.39, 0.29) is 21.3 Å². The van der Waals surface area contributed by atoms with Crippen LogP contribution in [0.4, 0.5) is 10.5 Å². The van der Waals surface area contributed by atoms with Gasteiger partial charge in [-0.1, -0.05) is 23.2 Å². The third-order valence-electron chi connectivity index (χ3n) is 2.43. The van der Waals surface area contributed by atoms with Gasteiger partial charge in [0.25, 0.3) is 0 Å². The van der Waals surface area contributed by atoms with Crippen molar-refractivity contribution in [3.63, 3.8) is 0 Å². The number of carboxylic acids is 1. The molecular weight excluding hydrogens is 323 g/mol. The lowest BCUT2D eigenvalue weighted by atomic mass is 10.2. The molecule has 1 aromatic rings. The highest BCUT2D eigenvalue weighted by Gasteiger charge is 2.20. The maximum absolute atomic E-state index is 11.7. The van der Waals surface area contributed by atoms with Gasteiger partial charge in [-0.25, -0.2) is 14.4 Å². The largest absolute Gasteiger partial charge is 0.478 e. The Balaban J connectivity index is 2.95. The number of hydrogen-bond acceptors (Lipinski definition) is 4. The van der Waals surface area contributed by atoms with Crippen molar-refractivity contribution in [2.75, 3.05) is 12.4 Å². The van der Waals surface area contributed by atoms with Crippen molar-refractivity contribution in [1.82, 2.24) is 5.32 Å². The average molecular weight is 335 g/mol. The zero-order valence-electron chi connectivity index (χ0n) is 11.1. The summed E-state index contributed by atoms with van der Waals surface area (Å²) in [5.41, 5.74) is -0.392. The maximum Gasteiger partial charge on any atom is 0.337 e. The molecule has 0 aliphatic carbocycles. The standard InChI is InChI=1S/C12H12Cl2N2O5/c1-5(11(19)21-2)15-12(20)16-9-7(10(17)18)3-6(13)4-8(9)14/h3-5H,1-2H3,(H,17,18)(H2,15,16,20). The fourth-order valence-corrected chi connectivity index (χ4v) is 1.99. The smallest absolute Gasteiger partial charge is 0.337 e. The molecule has 0 fully saturated rings. The van der Waals surface area contributed by atoms with Crippen LogP contribution in [-0.4, -0.2) is 36.2 Å². The second-order valence-corrected chi connectivity index (χ2v) is 4.80. The zero-order valence-corrected chi connectivity index (χ0v) is 12.6. The van der Waals surface area contributed by atoms with Crippen molar-refractivity contribution >= 4 is 46.9 Å². The lowest BCUT2D eigenvalue weighted by Gasteiger charge is -2.15. The van der Waals surface area contributed by atoms with Crippen LogP contribution in [-0.2, 0) is 9.53 Å². The average Bonchev–Trinajstić information content (AvgIpc) is 2.40. The molecule has 0 radical (unpaired) electrons. The number of halogens is 2. The Hall–Kier alpha value is -1.99. The minimum atomic E-state index is -1.31. The summed E-state index contributed by atoms with van der Waals surface area (Å²) in [6, 6.07) is 0.721. The van der Waals surface area contributed by atoms with Crippen LogP contribution in [0.2, 0.25) is 10.0 Å². The van der Waals surface area contributed by atoms with Crippen LogP contribution in [0.25, 0.3) is 0 Å². The predicted octanol–water partition coefficient (Wildman–Crippen LogP) is 2.37. The number of carbonyl (C=O) groups excluding carboxylic acids is 2. The molecule has 1 unspecified atom stereocenters. The fourth-order valence-electron chi connectivity index (χ4n) is 1.45. The van der Waals surface area contributed by atoms with Crippen molar-refractivity contribution < 1.29 is 24.2 Å². The molecular formula is C12H12Cl2N2O5. The molecule has 0 saturated carbocycles. The number of anilines is 1. The van der Waals surface area contributed by atoms with Gasteiger partial charge in [-0.05, 0) is 19.1 Å². The number of carbonyl (C=O) groups is 3. The second kappa shape index (κ2) is 7.14. The van der Waals surface area contributed by atoms with Crippen molar-refractivity contribution in [2.24, 2.45) is 0 Å². The molecule has 2 amide bonds. The highest BCUT2D eigenvalue weighted by atomic mass is 35.5. The van der Waals surface area contributed by atoms with Crippen LogP contribution >= 0.6 is 23.2 Å². The molecule has 0 aliphatic rings. The minimum Gasteiger partial charge on any atom is -0.478 e. The molecule has 0 spiro atoms. The molecule has 0 heterocycles. The van der Waals surface area contributed by atoms with E-state index in [0.717, 1.165) is 6.07 Å². The summed E-state index contributed by atoms with van der Waals surface area (Å²) in [5.74, 6) is -1.96. The Kier molecular flexibility index (Phi) is 5.80. The molecule has 114 valence electrons. The molecule has 0 aromatic heterocycles. The number of urea groups is 1. The van der Waals surface area contributed by atoms with Crippen LogP contribution in [0, 0.1) is 0 Å². The van der Waals surface area contributed by atoms with Crippen molar-refractivity contribution in [3.05, 3.63) is 27.7 Å². The van der Waals surface area contributed by atoms with Gasteiger partial charge < -0.3 is 20.5 Å². The summed E-state index contributed by atoms with van der Waals surface area (Å²) in [7, 11) is 1.18. The van der Waals surface area contributed by atoms with E-state index >= 15 is 0 Å². The zero-order chi connectivity index (χ0) is 16.2. The molecule has 0 bridgehead atoms. The number of ether oxygens (including phenoxy) is 1. The van der Waals surface area contributed by atoms with Crippen molar-refractivity contribution in [1.29, 1.82) is 0 Å². The number of hydrogen-bond donors (Lipinski definition) is 3. The number of esters is 1. The van der Waals surface area contributed by atoms with Gasteiger partial charge in [-0.3, -0.25) is 0 Å². The maximum atomic E-state index is 11.7. The number of nitrogens with one attached hydrogen (secondary N) is 2. The first-order chi connectivity index (χ1) is 9.76. The third kappa shape index (κ3) is 4.51. The first-order valence-electron chi connectivity index (χ1n) is 5.64. The number of benzene rings is 1. The van der Waals surface area contributed by atoms with E-state index in [0.29, 0.717) is 0 Å². The van der Waals surface area contributed by atoms with Gasteiger partial charge in [-0.2, -0.15) is 0 Å². The quantitative estimate of drug-likeness (QED) is 0.733. The normalized spacial score (nSPS) is 11.4. The van der Waals surface area contributed by atoms with Gasteiger partial charge in [0.05, 0.1) is 23.4 Å². The van der Waals surface area contributed by atoms with Gasteiger partial charge in [0.2, 0.25) is 0 Å². The van der Waals surface area contributed by atoms with Crippen LogP contribution in [0.1, 0.15) is 17.3 Å². The SMILES string of the molecule is COC(=O)C(C)NC(=O)Nc1c(Cl)cc(Cl)cc1C(=O)O. The number of carboxylic acid groups (broad SMARTS) is 1. The molecule has 9 heteroatoms. The van der Waals surface area contributed by atoms with Crippen LogP contribution in [0.5, 0.6) is 0 Å². The van der Waals surface area contributed by atoms with Crippen molar-refractivity contribution in [2.45, 2.75) is 13.0 Å². The first kappa shape index (κ1) is 17.1. The summed E-state index contributed by atoms with van der Waals surface area (Å²) in [5, 5.41) is 13.7. The molecule has 0 aliphatic heterocycles. The van der Waals surface area contributed by atoms with E-state index in [4.69, 9.17) is 28.3 Å². The monoisotopic (exact) mass is 334 g/mol. The fraction of sp³-hybridized carbons (Fsp3) is 0.250. The third-order valence-corrected chi connectivity index (χ3v) is 2.94. The number of rotatable bonds is 4. The second-order valence-electron chi connectivity index (χ2n) is 3.96. The lowest BCUT2D eigenvalue weighted by Crippen LogP contribution is -2.41. The summed E-state index contributed by atoms with van der Waals surface area (Å²) in [6.45, 7) is 1.41. The number of amides is 2. The number of aromatic carboxylic acids is 1. The van der Waals surface area contributed by atoms with Crippen LogP contribution in [0.3, 0.4) is 0 Å². The van der Waals surface area contributed by atoms with Gasteiger partial charge in [0, 0.05) is 5.02 Å². The number of methoxy groups -OCH3 is 1. The summed E-state index contributed by atoms with van der Waals surface area (Å²) >= 11 is 11.6. The van der Waals surface area contributed by atoms with Crippen LogP contribution < -0.4 is 10.6 Å². The van der Waals surface area contributed by atoms with E-state index in [1.807, 2.05) is 0 Å². The predicted molar refractivity (Wildman–Crippen MR) is 77.1 cm³/mol. The van der Waals surface area contributed by atoms with E-state index in [1.165, 1.54) is 20.1 Å². The van der Waals surface area contributed by atoms with E-state index in [2.05, 4.69) is 15.4 Å². The van der Waals surface area contributed by atoms with E-state index in [9.17, 15) is 14.4 Å². The molecule has 1 atom stereocenters. The molecule has 21 heavy (non-hydrogen) atoms. The Morgan fingerprint density at radius 3 is 2.43 bits per heavy atom. The molecule has 0 saturated heterocycles. The van der Waals surface area contributed by atoms with Crippen LogP contribution in [0.15, 0.2) is 12.1 Å². The van der Waals surface area contributed by atoms with E-state index < -0.39 is 24.0 Å². The Morgan fingerprint density at radius 1 is 1.29 bits per heavy atom. The molecule has 1 rings (SSSR count). The van der Waals surface area contributed by atoms with Gasteiger partial charge >= 0.3 is 18.0 Å². The first-order valence-corrected chi connectivity index (χ1v) is 6.39. The van der Waals surface area contributed by atoms with Crippen molar-refractivity contribution in [3.8, 4) is 0 Å². The Labute approximate surface area is 130 Å². The lowest BCUT2D eigenvalue weighted by molar-refractivity contribution is -0.142. The Bertz CT molecular complexity index is 591. The topological polar surface area (TPSA) is 105 Å². The molecule has 7 nitrogen and oxygen atoms in total. The van der Waals surface area contributed by atoms with Gasteiger partial charge in [0.1, 0.15) is 6.04 Å². The molecule has 3 N–H and O–H groups in total. The highest BCUT2D eigenvalue weighted by Crippen LogP contribution is 2.30. The minimum absolute atomic E-state index is 0.0410. The van der Waals surface area contributed by atoms with Gasteiger partial charge in [-0.15, -0.1) is 0 Å². The Morgan fingerprint density at radius 2 is 1.90 bits per heavy atom. The highest BCUT2D eigenvalue weighted by molar-refractivity contribution is 6.37. The summed E-state index contributed by atoms with van der Waals surface area (Å²) < 4.78 is 4.45. The summed E-state index contributed by atoms with van der Waals surface area (Å²) in [4.78, 5) is 34.0. The van der Waals surface area contributed by atoms with E-state index in [1.54, 1.807) is 0 Å². The van der Waals surface area contributed by atoms with Gasteiger partial charge in [0.15, 0.2) is 0 Å². The molecule has 1 aromatic carbocycles. The summed E-state index contributed by atoms with van der Waals surface area (Å²) in [6.07, 6.45) is 0.